The Kier molecular flexibility index (Phi) is 3.68. The number of rotatable bonds is 2. The molecule has 1 aromatic carbocycles. The highest BCUT2D eigenvalue weighted by Gasteiger charge is 2.59. The lowest BCUT2D eigenvalue weighted by molar-refractivity contribution is -0.299. The van der Waals surface area contributed by atoms with Crippen LogP contribution in [0.3, 0.4) is 0 Å². The molecule has 8 heteroatoms. The second kappa shape index (κ2) is 4.58. The summed E-state index contributed by atoms with van der Waals surface area (Å²) in [7, 11) is 0. The molecular formula is C10H9F6NO. The zero-order valence-corrected chi connectivity index (χ0v) is 9.06. The van der Waals surface area contributed by atoms with Crippen LogP contribution in [0.2, 0.25) is 0 Å². The van der Waals surface area contributed by atoms with Gasteiger partial charge < -0.3 is 10.5 Å². The largest absolute Gasteiger partial charge is 0.471 e. The van der Waals surface area contributed by atoms with Crippen LogP contribution < -0.4 is 10.5 Å². The Balaban J connectivity index is 3.01. The van der Waals surface area contributed by atoms with Gasteiger partial charge in [0.05, 0.1) is 0 Å². The maximum atomic E-state index is 12.2. The Morgan fingerprint density at radius 1 is 1.06 bits per heavy atom. The third-order valence-corrected chi connectivity index (χ3v) is 2.09. The van der Waals surface area contributed by atoms with E-state index >= 15 is 0 Å². The van der Waals surface area contributed by atoms with E-state index in [1.807, 2.05) is 0 Å². The molecule has 0 saturated heterocycles. The molecule has 18 heavy (non-hydrogen) atoms. The summed E-state index contributed by atoms with van der Waals surface area (Å²) in [5, 5.41) is 0. The molecule has 2 nitrogen and oxygen atoms in total. The van der Waals surface area contributed by atoms with Crippen LogP contribution in [0.4, 0.5) is 32.0 Å². The van der Waals surface area contributed by atoms with Gasteiger partial charge in [0, 0.05) is 5.69 Å². The van der Waals surface area contributed by atoms with Crippen molar-refractivity contribution in [3.63, 3.8) is 0 Å². The molecule has 0 aromatic heterocycles. The predicted molar refractivity (Wildman–Crippen MR) is 52.1 cm³/mol. The van der Waals surface area contributed by atoms with Crippen molar-refractivity contribution in [1.82, 2.24) is 0 Å². The molecule has 0 aliphatic rings. The van der Waals surface area contributed by atoms with Crippen LogP contribution in [0.5, 0.6) is 5.75 Å². The van der Waals surface area contributed by atoms with Crippen LogP contribution in [0.15, 0.2) is 18.2 Å². The summed E-state index contributed by atoms with van der Waals surface area (Å²) in [5.41, 5.74) is 5.97. The minimum atomic E-state index is -5.53. The van der Waals surface area contributed by atoms with Gasteiger partial charge in [-0.2, -0.15) is 26.3 Å². The number of aryl methyl sites for hydroxylation is 1. The Bertz CT molecular complexity index is 411. The van der Waals surface area contributed by atoms with Crippen molar-refractivity contribution in [1.29, 1.82) is 0 Å². The number of nitrogens with two attached hydrogens (primary N) is 1. The number of hydrogen-bond acceptors (Lipinski definition) is 2. The predicted octanol–water partition coefficient (Wildman–Crippen LogP) is 3.45. The van der Waals surface area contributed by atoms with Gasteiger partial charge in [-0.05, 0) is 30.7 Å². The maximum Gasteiger partial charge on any atom is 0.434 e. The lowest BCUT2D eigenvalue weighted by atomic mass is 10.2. The first kappa shape index (κ1) is 14.5. The van der Waals surface area contributed by atoms with Gasteiger partial charge in [0.2, 0.25) is 0 Å². The van der Waals surface area contributed by atoms with Gasteiger partial charge in [-0.25, -0.2) is 0 Å². The lowest BCUT2D eigenvalue weighted by Crippen LogP contribution is -2.46. The maximum absolute atomic E-state index is 12.2. The number of halogens is 6. The smallest absolute Gasteiger partial charge is 0.434 e. The average Bonchev–Trinajstić information content (AvgIpc) is 2.16. The third-order valence-electron chi connectivity index (χ3n) is 2.09. The van der Waals surface area contributed by atoms with Crippen LogP contribution in [0.25, 0.3) is 0 Å². The lowest BCUT2D eigenvalue weighted by Gasteiger charge is -2.24. The molecule has 0 bridgehead atoms. The molecule has 0 spiro atoms. The summed E-state index contributed by atoms with van der Waals surface area (Å²) < 4.78 is 77.2. The Morgan fingerprint density at radius 2 is 1.56 bits per heavy atom. The molecule has 2 N–H and O–H groups in total. The van der Waals surface area contributed by atoms with Gasteiger partial charge in [0.15, 0.2) is 0 Å². The second-order valence-corrected chi connectivity index (χ2v) is 3.60. The molecule has 0 saturated carbocycles. The monoisotopic (exact) mass is 273 g/mol. The van der Waals surface area contributed by atoms with E-state index in [0.717, 1.165) is 12.1 Å². The van der Waals surface area contributed by atoms with E-state index in [4.69, 9.17) is 5.73 Å². The van der Waals surface area contributed by atoms with E-state index in [1.165, 1.54) is 13.0 Å². The highest BCUT2D eigenvalue weighted by Crippen LogP contribution is 2.36. The molecule has 0 fully saturated rings. The minimum Gasteiger partial charge on any atom is -0.471 e. The van der Waals surface area contributed by atoms with E-state index in [1.54, 1.807) is 0 Å². The van der Waals surface area contributed by atoms with Crippen molar-refractivity contribution in [2.45, 2.75) is 25.4 Å². The summed E-state index contributed by atoms with van der Waals surface area (Å²) in [6, 6.07) is 3.14. The van der Waals surface area contributed by atoms with Crippen molar-refractivity contribution in [3.8, 4) is 5.75 Å². The van der Waals surface area contributed by atoms with E-state index in [0.29, 0.717) is 5.56 Å². The second-order valence-electron chi connectivity index (χ2n) is 3.60. The number of nitrogen functional groups attached to an aromatic ring is 1. The van der Waals surface area contributed by atoms with Crippen molar-refractivity contribution >= 4 is 5.69 Å². The fourth-order valence-corrected chi connectivity index (χ4v) is 1.18. The normalized spacial score (nSPS) is 12.9. The summed E-state index contributed by atoms with van der Waals surface area (Å²) in [6.45, 7) is 1.44. The van der Waals surface area contributed by atoms with Crippen LogP contribution in [0.1, 0.15) is 5.56 Å². The first-order chi connectivity index (χ1) is 8.01. The minimum absolute atomic E-state index is 0.248. The third kappa shape index (κ3) is 3.44. The Morgan fingerprint density at radius 3 is 1.94 bits per heavy atom. The topological polar surface area (TPSA) is 35.2 Å². The highest BCUT2D eigenvalue weighted by atomic mass is 19.4. The zero-order valence-electron chi connectivity index (χ0n) is 9.06. The number of benzene rings is 1. The SMILES string of the molecule is Cc1cc(OC(C(F)(F)F)C(F)(F)F)ccc1N. The van der Waals surface area contributed by atoms with E-state index < -0.39 is 24.2 Å². The molecular weight excluding hydrogens is 264 g/mol. The van der Waals surface area contributed by atoms with Crippen molar-refractivity contribution in [3.05, 3.63) is 23.8 Å². The van der Waals surface area contributed by atoms with Gasteiger partial charge in [-0.15, -0.1) is 0 Å². The Hall–Kier alpha value is -1.60. The van der Waals surface area contributed by atoms with Crippen LogP contribution in [0, 0.1) is 6.92 Å². The molecule has 0 atom stereocenters. The molecule has 0 aliphatic heterocycles. The van der Waals surface area contributed by atoms with Crippen LogP contribution >= 0.6 is 0 Å². The molecule has 0 unspecified atom stereocenters. The Labute approximate surface area is 98.3 Å². The summed E-state index contributed by atoms with van der Waals surface area (Å²) in [5.74, 6) is -0.540. The molecule has 1 rings (SSSR count). The van der Waals surface area contributed by atoms with Crippen molar-refractivity contribution in [2.24, 2.45) is 0 Å². The molecule has 1 aromatic rings. The highest BCUT2D eigenvalue weighted by molar-refractivity contribution is 5.49. The average molecular weight is 273 g/mol. The number of hydrogen-bond donors (Lipinski definition) is 1. The van der Waals surface area contributed by atoms with Gasteiger partial charge in [0.25, 0.3) is 6.10 Å². The van der Waals surface area contributed by atoms with Crippen molar-refractivity contribution < 1.29 is 31.1 Å². The molecule has 0 aliphatic carbocycles. The quantitative estimate of drug-likeness (QED) is 0.661. The molecule has 0 heterocycles. The standard InChI is InChI=1S/C10H9F6NO/c1-5-4-6(2-3-7(5)17)18-8(9(11,12)13)10(14,15)16/h2-4,8H,17H2,1H3. The summed E-state index contributed by atoms with van der Waals surface area (Å²) in [4.78, 5) is 0. The van der Waals surface area contributed by atoms with E-state index in [9.17, 15) is 26.3 Å². The molecule has 0 radical (unpaired) electrons. The zero-order chi connectivity index (χ0) is 14.1. The van der Waals surface area contributed by atoms with E-state index in [-0.39, 0.29) is 5.69 Å². The van der Waals surface area contributed by atoms with Gasteiger partial charge >= 0.3 is 12.4 Å². The summed E-state index contributed by atoms with van der Waals surface area (Å²) >= 11 is 0. The van der Waals surface area contributed by atoms with Crippen LogP contribution in [-0.4, -0.2) is 18.5 Å². The van der Waals surface area contributed by atoms with E-state index in [2.05, 4.69) is 4.74 Å². The summed E-state index contributed by atoms with van der Waals surface area (Å²) in [6.07, 6.45) is -14.9. The number of anilines is 1. The van der Waals surface area contributed by atoms with Gasteiger partial charge in [0.1, 0.15) is 5.75 Å². The van der Waals surface area contributed by atoms with Gasteiger partial charge in [-0.1, -0.05) is 0 Å². The number of alkyl halides is 6. The van der Waals surface area contributed by atoms with Crippen LogP contribution in [-0.2, 0) is 0 Å². The first-order valence-corrected chi connectivity index (χ1v) is 4.68. The van der Waals surface area contributed by atoms with Crippen molar-refractivity contribution in [2.75, 3.05) is 5.73 Å². The van der Waals surface area contributed by atoms with Gasteiger partial charge in [-0.3, -0.25) is 0 Å². The first-order valence-electron chi connectivity index (χ1n) is 4.68. The molecule has 0 amide bonds. The fraction of sp³-hybridized carbons (Fsp3) is 0.400. The fourth-order valence-electron chi connectivity index (χ4n) is 1.18. The number of ether oxygens (including phenoxy) is 1. The molecule has 102 valence electrons.